The third kappa shape index (κ3) is 7.02. The van der Waals surface area contributed by atoms with Gasteiger partial charge < -0.3 is 40.2 Å². The number of benzene rings is 1. The van der Waals surface area contributed by atoms with E-state index in [4.69, 9.17) is 29.8 Å². The average molecular weight is 495 g/mol. The summed E-state index contributed by atoms with van der Waals surface area (Å²) in [4.78, 5) is 0. The van der Waals surface area contributed by atoms with Crippen molar-refractivity contribution in [2.24, 2.45) is 17.6 Å². The molecule has 5 rings (SSSR count). The summed E-state index contributed by atoms with van der Waals surface area (Å²) in [6.07, 6.45) is 5.15. The van der Waals surface area contributed by atoms with Crippen LogP contribution in [0, 0.1) is 11.8 Å². The molecule has 2 heterocycles. The van der Waals surface area contributed by atoms with Crippen LogP contribution < -0.4 is 11.1 Å². The molecule has 2 spiro atoms. The fraction of sp³-hybridized carbons (Fsp3) is 0.778. The molecule has 5 N–H and O–H groups in total. The highest BCUT2D eigenvalue weighted by atomic mass is 16.7. The van der Waals surface area contributed by atoms with Gasteiger partial charge in [-0.3, -0.25) is 0 Å². The second kappa shape index (κ2) is 12.9. The van der Waals surface area contributed by atoms with Gasteiger partial charge in [-0.2, -0.15) is 0 Å². The van der Waals surface area contributed by atoms with E-state index >= 15 is 0 Å². The Balaban J connectivity index is 0.000000211. The predicted molar refractivity (Wildman–Crippen MR) is 135 cm³/mol. The minimum absolute atomic E-state index is 0. The fourth-order valence-electron chi connectivity index (χ4n) is 5.82. The number of nitrogens with one attached hydrogen (secondary N) is 1. The molecule has 5 atom stereocenters. The van der Waals surface area contributed by atoms with Gasteiger partial charge >= 0.3 is 0 Å². The molecule has 4 fully saturated rings. The van der Waals surface area contributed by atoms with Gasteiger partial charge in [0, 0.05) is 68.9 Å². The molecule has 2 aliphatic carbocycles. The molecular weight excluding hydrogens is 448 g/mol. The first-order valence-electron chi connectivity index (χ1n) is 12.8. The van der Waals surface area contributed by atoms with E-state index in [1.807, 2.05) is 6.07 Å². The van der Waals surface area contributed by atoms with Gasteiger partial charge in [0.05, 0.1) is 26.4 Å². The zero-order valence-electron chi connectivity index (χ0n) is 20.4. The van der Waals surface area contributed by atoms with E-state index in [9.17, 15) is 5.11 Å². The van der Waals surface area contributed by atoms with Crippen molar-refractivity contribution < 1.29 is 29.2 Å². The summed E-state index contributed by atoms with van der Waals surface area (Å²) in [5.74, 6) is -0.528. The van der Waals surface area contributed by atoms with Crippen LogP contribution in [0.15, 0.2) is 30.3 Å². The monoisotopic (exact) mass is 494 g/mol. The second-order valence-corrected chi connectivity index (χ2v) is 10.2. The number of ether oxygens (including phenoxy) is 4. The lowest BCUT2D eigenvalue weighted by Crippen LogP contribution is -2.49. The molecule has 0 radical (unpaired) electrons. The topological polar surface area (TPSA) is 115 Å². The average Bonchev–Trinajstić information content (AvgIpc) is 3.53. The van der Waals surface area contributed by atoms with E-state index in [-0.39, 0.29) is 44.6 Å². The van der Waals surface area contributed by atoms with Crippen molar-refractivity contribution in [1.82, 2.24) is 5.32 Å². The predicted octanol–water partition coefficient (Wildman–Crippen LogP) is 2.73. The van der Waals surface area contributed by atoms with Gasteiger partial charge in [-0.15, -0.1) is 0 Å². The Labute approximate surface area is 210 Å². The lowest BCUT2D eigenvalue weighted by atomic mass is 9.80. The summed E-state index contributed by atoms with van der Waals surface area (Å²) >= 11 is 0. The molecule has 0 unspecified atom stereocenters. The SMILES string of the molecule is C.C[C@@H](N[C@@H]1CCC2(C[C@H]1CO)OCCO2)c1ccccc1.N[C@@H]1CCC2(C[C@H]1CO)OCCO2. The minimum atomic E-state index is -0.429. The molecule has 2 aliphatic heterocycles. The molecule has 4 aliphatic rings. The van der Waals surface area contributed by atoms with Crippen molar-refractivity contribution in [3.05, 3.63) is 35.9 Å². The Morgan fingerprint density at radius 3 is 1.94 bits per heavy atom. The summed E-state index contributed by atoms with van der Waals surface area (Å²) in [6, 6.07) is 11.1. The molecular formula is C27H46N2O6. The smallest absolute Gasteiger partial charge is 0.168 e. The first-order chi connectivity index (χ1) is 16.5. The van der Waals surface area contributed by atoms with Gasteiger partial charge in [0.2, 0.25) is 0 Å². The highest BCUT2D eigenvalue weighted by molar-refractivity contribution is 5.18. The van der Waals surface area contributed by atoms with Crippen LogP contribution in [0.1, 0.15) is 64.5 Å². The van der Waals surface area contributed by atoms with Crippen molar-refractivity contribution in [1.29, 1.82) is 0 Å². The number of aliphatic hydroxyl groups excluding tert-OH is 2. The molecule has 0 bridgehead atoms. The maximum atomic E-state index is 9.74. The van der Waals surface area contributed by atoms with Gasteiger partial charge in [-0.25, -0.2) is 0 Å². The second-order valence-electron chi connectivity index (χ2n) is 10.2. The van der Waals surface area contributed by atoms with Crippen molar-refractivity contribution in [3.63, 3.8) is 0 Å². The van der Waals surface area contributed by atoms with Crippen LogP contribution in [-0.4, -0.2) is 73.5 Å². The van der Waals surface area contributed by atoms with E-state index in [2.05, 4.69) is 36.5 Å². The summed E-state index contributed by atoms with van der Waals surface area (Å²) in [7, 11) is 0. The Morgan fingerprint density at radius 1 is 0.886 bits per heavy atom. The van der Waals surface area contributed by atoms with Crippen molar-refractivity contribution in [3.8, 4) is 0 Å². The molecule has 1 aromatic rings. The van der Waals surface area contributed by atoms with Gasteiger partial charge in [-0.1, -0.05) is 37.8 Å². The maximum absolute atomic E-state index is 9.74. The van der Waals surface area contributed by atoms with E-state index in [0.29, 0.717) is 32.5 Å². The van der Waals surface area contributed by atoms with Crippen LogP contribution >= 0.6 is 0 Å². The number of hydrogen-bond donors (Lipinski definition) is 4. The fourth-order valence-corrected chi connectivity index (χ4v) is 5.82. The van der Waals surface area contributed by atoms with E-state index in [1.165, 1.54) is 5.56 Å². The highest BCUT2D eigenvalue weighted by Gasteiger charge is 2.45. The van der Waals surface area contributed by atoms with Gasteiger partial charge in [-0.05, 0) is 25.3 Å². The highest BCUT2D eigenvalue weighted by Crippen LogP contribution is 2.40. The van der Waals surface area contributed by atoms with Crippen molar-refractivity contribution in [2.45, 2.75) is 82.6 Å². The Bertz CT molecular complexity index is 738. The largest absolute Gasteiger partial charge is 0.396 e. The molecule has 0 amide bonds. The van der Waals surface area contributed by atoms with E-state index in [0.717, 1.165) is 38.5 Å². The molecule has 35 heavy (non-hydrogen) atoms. The summed E-state index contributed by atoms with van der Waals surface area (Å²) in [5.41, 5.74) is 7.15. The zero-order valence-corrected chi connectivity index (χ0v) is 20.4. The first kappa shape index (κ1) is 28.5. The standard InChI is InChI=1S/C17H25NO3.C9H17NO3.CH4/c1-13(14-5-3-2-4-6-14)18-16-7-8-17(11-15(16)12-19)20-9-10-21-17;10-8-1-2-9(5-7(8)6-11)12-3-4-13-9;/h2-6,13,15-16,18-19H,7-12H2,1H3;7-8,11H,1-6,10H2;1H4/t13-,15+,16-;7-,8+;/m10./s1. The number of nitrogens with two attached hydrogens (primary N) is 1. The van der Waals surface area contributed by atoms with Crippen LogP contribution in [0.5, 0.6) is 0 Å². The molecule has 2 saturated heterocycles. The van der Waals surface area contributed by atoms with Crippen LogP contribution in [0.25, 0.3) is 0 Å². The van der Waals surface area contributed by atoms with E-state index < -0.39 is 11.6 Å². The Morgan fingerprint density at radius 2 is 1.40 bits per heavy atom. The van der Waals surface area contributed by atoms with Crippen molar-refractivity contribution in [2.75, 3.05) is 39.6 Å². The summed E-state index contributed by atoms with van der Waals surface area (Å²) in [5, 5.41) is 22.5. The zero-order chi connectivity index (χ0) is 24.0. The Hall–Kier alpha value is -1.10. The van der Waals surface area contributed by atoms with Crippen LogP contribution in [-0.2, 0) is 18.9 Å². The van der Waals surface area contributed by atoms with E-state index in [1.54, 1.807) is 0 Å². The quantitative estimate of drug-likeness (QED) is 0.494. The van der Waals surface area contributed by atoms with Gasteiger partial charge in [0.25, 0.3) is 0 Å². The maximum Gasteiger partial charge on any atom is 0.168 e. The number of rotatable bonds is 5. The third-order valence-electron chi connectivity index (χ3n) is 7.88. The Kier molecular flexibility index (Phi) is 10.5. The molecule has 200 valence electrons. The summed E-state index contributed by atoms with van der Waals surface area (Å²) < 4.78 is 22.7. The molecule has 8 heteroatoms. The van der Waals surface area contributed by atoms with Gasteiger partial charge in [0.1, 0.15) is 0 Å². The molecule has 1 aromatic carbocycles. The number of hydrogen-bond acceptors (Lipinski definition) is 8. The van der Waals surface area contributed by atoms with Crippen LogP contribution in [0.4, 0.5) is 0 Å². The molecule has 2 saturated carbocycles. The summed E-state index contributed by atoms with van der Waals surface area (Å²) in [6.45, 7) is 5.19. The number of aliphatic hydroxyl groups is 2. The first-order valence-corrected chi connectivity index (χ1v) is 12.8. The normalized spacial score (nSPS) is 32.0. The van der Waals surface area contributed by atoms with Gasteiger partial charge in [0.15, 0.2) is 11.6 Å². The lowest BCUT2D eigenvalue weighted by Gasteiger charge is -2.41. The van der Waals surface area contributed by atoms with Crippen molar-refractivity contribution >= 4 is 0 Å². The molecule has 0 aromatic heterocycles. The third-order valence-corrected chi connectivity index (χ3v) is 7.88. The van der Waals surface area contributed by atoms with Crippen LogP contribution in [0.2, 0.25) is 0 Å². The van der Waals surface area contributed by atoms with Crippen LogP contribution in [0.3, 0.4) is 0 Å². The minimum Gasteiger partial charge on any atom is -0.396 e. The molecule has 8 nitrogen and oxygen atoms in total. The lowest BCUT2D eigenvalue weighted by molar-refractivity contribution is -0.194.